The summed E-state index contributed by atoms with van der Waals surface area (Å²) in [6.07, 6.45) is 12.5. The first-order valence-corrected chi connectivity index (χ1v) is 8.26. The largest absolute Gasteiger partial charge is 0.317 e. The lowest BCUT2D eigenvalue weighted by atomic mass is 9.91. The number of hydrogen-bond donors (Lipinski definition) is 1. The Labute approximate surface area is 123 Å². The van der Waals surface area contributed by atoms with Gasteiger partial charge >= 0.3 is 0 Å². The van der Waals surface area contributed by atoms with E-state index in [9.17, 15) is 0 Å². The standard InChI is InChI=1S/C16H30N4/c1-13(2)20-16(18-12-19-20)11-15(17-3)10-14-8-6-4-5-7-9-14/h12-15,17H,4-11H2,1-3H3. The van der Waals surface area contributed by atoms with Crippen LogP contribution in [0.3, 0.4) is 0 Å². The van der Waals surface area contributed by atoms with Crippen LogP contribution in [0.5, 0.6) is 0 Å². The molecule has 1 unspecified atom stereocenters. The molecule has 1 saturated carbocycles. The molecule has 114 valence electrons. The molecule has 0 bridgehead atoms. The van der Waals surface area contributed by atoms with Crippen molar-refractivity contribution in [3.05, 3.63) is 12.2 Å². The maximum Gasteiger partial charge on any atom is 0.138 e. The topological polar surface area (TPSA) is 42.7 Å². The van der Waals surface area contributed by atoms with Crippen molar-refractivity contribution in [2.24, 2.45) is 5.92 Å². The highest BCUT2D eigenvalue weighted by Gasteiger charge is 2.19. The summed E-state index contributed by atoms with van der Waals surface area (Å²) in [7, 11) is 2.08. The molecule has 0 saturated heterocycles. The van der Waals surface area contributed by atoms with Gasteiger partial charge in [-0.15, -0.1) is 0 Å². The fraction of sp³-hybridized carbons (Fsp3) is 0.875. The van der Waals surface area contributed by atoms with Crippen molar-refractivity contribution < 1.29 is 0 Å². The number of aromatic nitrogens is 3. The lowest BCUT2D eigenvalue weighted by Gasteiger charge is -2.22. The maximum atomic E-state index is 4.45. The Morgan fingerprint density at radius 3 is 2.55 bits per heavy atom. The van der Waals surface area contributed by atoms with Gasteiger partial charge in [-0.25, -0.2) is 9.67 Å². The first-order chi connectivity index (χ1) is 9.70. The third kappa shape index (κ3) is 4.30. The number of nitrogens with one attached hydrogen (secondary N) is 1. The maximum absolute atomic E-state index is 4.45. The molecule has 1 aromatic heterocycles. The first kappa shape index (κ1) is 15.5. The van der Waals surface area contributed by atoms with E-state index in [1.807, 2.05) is 0 Å². The van der Waals surface area contributed by atoms with Gasteiger partial charge in [0.15, 0.2) is 0 Å². The molecule has 4 nitrogen and oxygen atoms in total. The highest BCUT2D eigenvalue weighted by Crippen LogP contribution is 2.27. The minimum Gasteiger partial charge on any atom is -0.317 e. The van der Waals surface area contributed by atoms with Crippen LogP contribution in [0, 0.1) is 5.92 Å². The van der Waals surface area contributed by atoms with Gasteiger partial charge in [0, 0.05) is 18.5 Å². The molecule has 4 heteroatoms. The highest BCUT2D eigenvalue weighted by atomic mass is 15.3. The lowest BCUT2D eigenvalue weighted by Crippen LogP contribution is -2.31. The molecule has 20 heavy (non-hydrogen) atoms. The van der Waals surface area contributed by atoms with Crippen molar-refractivity contribution in [1.82, 2.24) is 20.1 Å². The van der Waals surface area contributed by atoms with Crippen LogP contribution in [0.2, 0.25) is 0 Å². The molecule has 1 aliphatic rings. The molecule has 1 heterocycles. The average Bonchev–Trinajstić information content (AvgIpc) is 2.74. The van der Waals surface area contributed by atoms with Crippen molar-refractivity contribution in [1.29, 1.82) is 0 Å². The van der Waals surface area contributed by atoms with E-state index in [0.717, 1.165) is 18.2 Å². The SMILES string of the molecule is CNC(Cc1ncnn1C(C)C)CC1CCCCCC1. The van der Waals surface area contributed by atoms with Gasteiger partial charge in [-0.05, 0) is 33.2 Å². The Hall–Kier alpha value is -0.900. The van der Waals surface area contributed by atoms with Crippen molar-refractivity contribution in [2.75, 3.05) is 7.05 Å². The number of hydrogen-bond acceptors (Lipinski definition) is 3. The van der Waals surface area contributed by atoms with Gasteiger partial charge in [0.1, 0.15) is 12.2 Å². The predicted octanol–water partition coefficient (Wildman–Crippen LogP) is 3.35. The monoisotopic (exact) mass is 278 g/mol. The average molecular weight is 278 g/mol. The van der Waals surface area contributed by atoms with Crippen LogP contribution in [0.15, 0.2) is 6.33 Å². The Morgan fingerprint density at radius 1 is 1.25 bits per heavy atom. The van der Waals surface area contributed by atoms with E-state index in [-0.39, 0.29) is 0 Å². The second-order valence-corrected chi connectivity index (χ2v) is 6.50. The van der Waals surface area contributed by atoms with Gasteiger partial charge in [0.2, 0.25) is 0 Å². The Morgan fingerprint density at radius 2 is 1.95 bits per heavy atom. The molecule has 0 amide bonds. The summed E-state index contributed by atoms with van der Waals surface area (Å²) >= 11 is 0. The van der Waals surface area contributed by atoms with Crippen molar-refractivity contribution >= 4 is 0 Å². The second-order valence-electron chi connectivity index (χ2n) is 6.50. The molecular formula is C16H30N4. The minimum atomic E-state index is 0.392. The second kappa shape index (κ2) is 7.77. The summed E-state index contributed by atoms with van der Waals surface area (Å²) < 4.78 is 2.05. The molecule has 1 aliphatic carbocycles. The first-order valence-electron chi connectivity index (χ1n) is 8.26. The van der Waals surface area contributed by atoms with Crippen LogP contribution in [-0.4, -0.2) is 27.9 Å². The minimum absolute atomic E-state index is 0.392. The zero-order chi connectivity index (χ0) is 14.4. The van der Waals surface area contributed by atoms with E-state index in [2.05, 4.69) is 41.0 Å². The Bertz CT molecular complexity index is 378. The lowest BCUT2D eigenvalue weighted by molar-refractivity contribution is 0.352. The third-order valence-corrected chi connectivity index (χ3v) is 4.57. The zero-order valence-corrected chi connectivity index (χ0v) is 13.3. The van der Waals surface area contributed by atoms with E-state index in [1.165, 1.54) is 44.9 Å². The van der Waals surface area contributed by atoms with Gasteiger partial charge < -0.3 is 5.32 Å². The summed E-state index contributed by atoms with van der Waals surface area (Å²) in [5, 5.41) is 7.84. The van der Waals surface area contributed by atoms with Crippen molar-refractivity contribution in [3.63, 3.8) is 0 Å². The molecular weight excluding hydrogens is 248 g/mol. The number of likely N-dealkylation sites (N-methyl/N-ethyl adjacent to an activating group) is 1. The summed E-state index contributed by atoms with van der Waals surface area (Å²) in [6.45, 7) is 4.33. The number of rotatable bonds is 6. The molecule has 0 aliphatic heterocycles. The molecule has 1 atom stereocenters. The Balaban J connectivity index is 1.92. The van der Waals surface area contributed by atoms with Gasteiger partial charge in [-0.3, -0.25) is 0 Å². The zero-order valence-electron chi connectivity index (χ0n) is 13.3. The van der Waals surface area contributed by atoms with Crippen molar-refractivity contribution in [2.45, 2.75) is 77.3 Å². The van der Waals surface area contributed by atoms with E-state index < -0.39 is 0 Å². The van der Waals surface area contributed by atoms with Crippen LogP contribution < -0.4 is 5.32 Å². The summed E-state index contributed by atoms with van der Waals surface area (Å²) in [5.74, 6) is 2.01. The van der Waals surface area contributed by atoms with Crippen LogP contribution in [0.4, 0.5) is 0 Å². The van der Waals surface area contributed by atoms with E-state index in [4.69, 9.17) is 0 Å². The molecule has 0 spiro atoms. The molecule has 1 fully saturated rings. The van der Waals surface area contributed by atoms with E-state index >= 15 is 0 Å². The van der Waals surface area contributed by atoms with Crippen molar-refractivity contribution in [3.8, 4) is 0 Å². The summed E-state index contributed by atoms with van der Waals surface area (Å²) in [4.78, 5) is 4.45. The van der Waals surface area contributed by atoms with E-state index in [0.29, 0.717) is 12.1 Å². The quantitative estimate of drug-likeness (QED) is 0.811. The molecule has 1 N–H and O–H groups in total. The van der Waals surface area contributed by atoms with Gasteiger partial charge in [-0.2, -0.15) is 5.10 Å². The fourth-order valence-corrected chi connectivity index (χ4v) is 3.38. The normalized spacial score (nSPS) is 19.2. The van der Waals surface area contributed by atoms with Crippen LogP contribution in [-0.2, 0) is 6.42 Å². The third-order valence-electron chi connectivity index (χ3n) is 4.57. The van der Waals surface area contributed by atoms with E-state index in [1.54, 1.807) is 6.33 Å². The van der Waals surface area contributed by atoms with Gasteiger partial charge in [0.25, 0.3) is 0 Å². The smallest absolute Gasteiger partial charge is 0.138 e. The predicted molar refractivity (Wildman–Crippen MR) is 82.8 cm³/mol. The van der Waals surface area contributed by atoms with Crippen LogP contribution in [0.1, 0.15) is 70.7 Å². The Kier molecular flexibility index (Phi) is 6.02. The molecule has 0 aromatic carbocycles. The molecule has 1 aromatic rings. The summed E-state index contributed by atoms with van der Waals surface area (Å²) in [5.41, 5.74) is 0. The van der Waals surface area contributed by atoms with Crippen LogP contribution >= 0.6 is 0 Å². The highest BCUT2D eigenvalue weighted by molar-refractivity contribution is 4.91. The fourth-order valence-electron chi connectivity index (χ4n) is 3.38. The van der Waals surface area contributed by atoms with Gasteiger partial charge in [0.05, 0.1) is 0 Å². The van der Waals surface area contributed by atoms with Crippen LogP contribution in [0.25, 0.3) is 0 Å². The van der Waals surface area contributed by atoms with Gasteiger partial charge in [-0.1, -0.05) is 38.5 Å². The number of nitrogens with zero attached hydrogens (tertiary/aromatic N) is 3. The molecule has 0 radical (unpaired) electrons. The molecule has 2 rings (SSSR count). The summed E-state index contributed by atoms with van der Waals surface area (Å²) in [6, 6.07) is 0.919.